The van der Waals surface area contributed by atoms with Crippen LogP contribution in [0.2, 0.25) is 0 Å². The fraction of sp³-hybridized carbons (Fsp3) is 0.571. The van der Waals surface area contributed by atoms with Gasteiger partial charge in [-0.2, -0.15) is 0 Å². The van der Waals surface area contributed by atoms with Gasteiger partial charge in [0.25, 0.3) is 0 Å². The fourth-order valence-corrected chi connectivity index (χ4v) is 2.41. The summed E-state index contributed by atoms with van der Waals surface area (Å²) in [6, 6.07) is 8.73. The predicted molar refractivity (Wildman–Crippen MR) is 71.5 cm³/mol. The minimum absolute atomic E-state index is 0.262. The number of hydrogen-bond acceptors (Lipinski definition) is 3. The summed E-state index contributed by atoms with van der Waals surface area (Å²) in [5.41, 5.74) is 7.21. The molecule has 2 atom stereocenters. The zero-order valence-electron chi connectivity index (χ0n) is 10.5. The van der Waals surface area contributed by atoms with E-state index in [2.05, 4.69) is 11.4 Å². The third-order valence-electron chi connectivity index (χ3n) is 3.35. The molecule has 2 rings (SSSR count). The first-order valence-electron chi connectivity index (χ1n) is 6.55. The van der Waals surface area contributed by atoms with Crippen LogP contribution in [-0.2, 0) is 0 Å². The van der Waals surface area contributed by atoms with E-state index in [0.717, 1.165) is 24.3 Å². The molecule has 3 N–H and O–H groups in total. The highest BCUT2D eigenvalue weighted by molar-refractivity contribution is 5.57. The molecule has 0 amide bonds. The molecule has 0 aromatic heterocycles. The zero-order chi connectivity index (χ0) is 12.1. The molecular weight excluding hydrogens is 212 g/mol. The number of para-hydroxylation sites is 2. The Morgan fingerprint density at radius 3 is 2.82 bits per heavy atom. The minimum Gasteiger partial charge on any atom is -0.492 e. The number of anilines is 1. The second-order valence-electron chi connectivity index (χ2n) is 4.63. The lowest BCUT2D eigenvalue weighted by atomic mass is 9.91. The molecule has 1 saturated carbocycles. The maximum absolute atomic E-state index is 6.15. The molecule has 1 aliphatic carbocycles. The van der Waals surface area contributed by atoms with E-state index in [4.69, 9.17) is 10.5 Å². The van der Waals surface area contributed by atoms with E-state index in [1.54, 1.807) is 0 Å². The van der Waals surface area contributed by atoms with Gasteiger partial charge in [0, 0.05) is 12.1 Å². The SMILES string of the molecule is CCOc1ccccc1N[C@@H]1CCCC[C@@H]1N. The number of benzene rings is 1. The first-order valence-corrected chi connectivity index (χ1v) is 6.55. The van der Waals surface area contributed by atoms with Crippen molar-refractivity contribution in [3.05, 3.63) is 24.3 Å². The summed E-state index contributed by atoms with van der Waals surface area (Å²) in [4.78, 5) is 0. The van der Waals surface area contributed by atoms with Crippen LogP contribution in [-0.4, -0.2) is 18.7 Å². The van der Waals surface area contributed by atoms with Crippen LogP contribution >= 0.6 is 0 Å². The van der Waals surface area contributed by atoms with Crippen LogP contribution in [0.4, 0.5) is 5.69 Å². The summed E-state index contributed by atoms with van der Waals surface area (Å²) in [6.45, 7) is 2.69. The van der Waals surface area contributed by atoms with Gasteiger partial charge < -0.3 is 15.8 Å². The highest BCUT2D eigenvalue weighted by atomic mass is 16.5. The first kappa shape index (κ1) is 12.2. The molecule has 1 aromatic carbocycles. The Balaban J connectivity index is 2.06. The number of hydrogen-bond donors (Lipinski definition) is 2. The molecule has 3 nitrogen and oxygen atoms in total. The third-order valence-corrected chi connectivity index (χ3v) is 3.35. The molecule has 94 valence electrons. The molecule has 0 bridgehead atoms. The minimum atomic E-state index is 0.262. The Bertz CT molecular complexity index is 354. The van der Waals surface area contributed by atoms with Gasteiger partial charge in [-0.1, -0.05) is 25.0 Å². The van der Waals surface area contributed by atoms with Crippen LogP contribution in [0.15, 0.2) is 24.3 Å². The lowest BCUT2D eigenvalue weighted by molar-refractivity contribution is 0.340. The van der Waals surface area contributed by atoms with E-state index in [1.807, 2.05) is 25.1 Å². The monoisotopic (exact) mass is 234 g/mol. The van der Waals surface area contributed by atoms with Crippen molar-refractivity contribution in [2.75, 3.05) is 11.9 Å². The molecule has 1 fully saturated rings. The predicted octanol–water partition coefficient (Wildman–Crippen LogP) is 2.77. The van der Waals surface area contributed by atoms with Crippen molar-refractivity contribution in [2.45, 2.75) is 44.7 Å². The lowest BCUT2D eigenvalue weighted by Gasteiger charge is -2.30. The van der Waals surface area contributed by atoms with E-state index < -0.39 is 0 Å². The van der Waals surface area contributed by atoms with E-state index in [-0.39, 0.29) is 6.04 Å². The maximum Gasteiger partial charge on any atom is 0.142 e. The molecule has 0 heterocycles. The molecule has 0 aliphatic heterocycles. The van der Waals surface area contributed by atoms with Crippen LogP contribution in [0.3, 0.4) is 0 Å². The number of nitrogens with one attached hydrogen (secondary N) is 1. The average molecular weight is 234 g/mol. The molecule has 3 heteroatoms. The van der Waals surface area contributed by atoms with Gasteiger partial charge in [0.2, 0.25) is 0 Å². The molecule has 1 aromatic rings. The largest absolute Gasteiger partial charge is 0.492 e. The van der Waals surface area contributed by atoms with Crippen LogP contribution < -0.4 is 15.8 Å². The normalized spacial score (nSPS) is 24.4. The molecule has 0 unspecified atom stereocenters. The highest BCUT2D eigenvalue weighted by Crippen LogP contribution is 2.27. The Morgan fingerprint density at radius 2 is 2.06 bits per heavy atom. The van der Waals surface area contributed by atoms with Crippen molar-refractivity contribution in [3.63, 3.8) is 0 Å². The second kappa shape index (κ2) is 5.92. The van der Waals surface area contributed by atoms with Gasteiger partial charge in [-0.05, 0) is 31.9 Å². The summed E-state index contributed by atoms with van der Waals surface area (Å²) in [7, 11) is 0. The van der Waals surface area contributed by atoms with Crippen molar-refractivity contribution in [1.82, 2.24) is 0 Å². The van der Waals surface area contributed by atoms with Crippen molar-refractivity contribution in [2.24, 2.45) is 5.73 Å². The number of nitrogens with two attached hydrogens (primary N) is 1. The molecule has 0 spiro atoms. The van der Waals surface area contributed by atoms with Crippen LogP contribution in [0.1, 0.15) is 32.6 Å². The Labute approximate surface area is 103 Å². The van der Waals surface area contributed by atoms with Crippen molar-refractivity contribution >= 4 is 5.69 Å². The number of rotatable bonds is 4. The van der Waals surface area contributed by atoms with Gasteiger partial charge in [-0.25, -0.2) is 0 Å². The smallest absolute Gasteiger partial charge is 0.142 e. The summed E-state index contributed by atoms with van der Waals surface area (Å²) >= 11 is 0. The molecule has 1 aliphatic rings. The van der Waals surface area contributed by atoms with Crippen LogP contribution in [0.25, 0.3) is 0 Å². The van der Waals surface area contributed by atoms with Crippen LogP contribution in [0.5, 0.6) is 5.75 Å². The van der Waals surface area contributed by atoms with Gasteiger partial charge in [-0.15, -0.1) is 0 Å². The van der Waals surface area contributed by atoms with Gasteiger partial charge in [0.05, 0.1) is 12.3 Å². The topological polar surface area (TPSA) is 47.3 Å². The van der Waals surface area contributed by atoms with Gasteiger partial charge in [-0.3, -0.25) is 0 Å². The third kappa shape index (κ3) is 3.13. The summed E-state index contributed by atoms with van der Waals surface area (Å²) in [6.07, 6.45) is 4.80. The second-order valence-corrected chi connectivity index (χ2v) is 4.63. The summed E-state index contributed by atoms with van der Waals surface area (Å²) in [5, 5.41) is 3.53. The first-order chi connectivity index (χ1) is 8.31. The van der Waals surface area contributed by atoms with E-state index in [0.29, 0.717) is 12.6 Å². The summed E-state index contributed by atoms with van der Waals surface area (Å²) < 4.78 is 5.61. The Hall–Kier alpha value is -1.22. The molecule has 0 saturated heterocycles. The van der Waals surface area contributed by atoms with Gasteiger partial charge in [0.15, 0.2) is 0 Å². The van der Waals surface area contributed by atoms with E-state index >= 15 is 0 Å². The van der Waals surface area contributed by atoms with Gasteiger partial charge >= 0.3 is 0 Å². The fourth-order valence-electron chi connectivity index (χ4n) is 2.41. The Morgan fingerprint density at radius 1 is 1.29 bits per heavy atom. The van der Waals surface area contributed by atoms with Crippen molar-refractivity contribution in [1.29, 1.82) is 0 Å². The van der Waals surface area contributed by atoms with E-state index in [1.165, 1.54) is 12.8 Å². The lowest BCUT2D eigenvalue weighted by Crippen LogP contribution is -2.42. The standard InChI is InChI=1S/C14H22N2O/c1-2-17-14-10-6-5-9-13(14)16-12-8-4-3-7-11(12)15/h5-6,9-12,16H,2-4,7-8,15H2,1H3/t11-,12+/m0/s1. The van der Waals surface area contributed by atoms with Crippen molar-refractivity contribution in [3.8, 4) is 5.75 Å². The summed E-state index contributed by atoms with van der Waals surface area (Å²) in [5.74, 6) is 0.924. The van der Waals surface area contributed by atoms with Crippen molar-refractivity contribution < 1.29 is 4.74 Å². The van der Waals surface area contributed by atoms with Crippen LogP contribution in [0, 0.1) is 0 Å². The highest BCUT2D eigenvalue weighted by Gasteiger charge is 2.22. The quantitative estimate of drug-likeness (QED) is 0.842. The zero-order valence-corrected chi connectivity index (χ0v) is 10.5. The Kier molecular flexibility index (Phi) is 4.26. The van der Waals surface area contributed by atoms with E-state index in [9.17, 15) is 0 Å². The molecule has 17 heavy (non-hydrogen) atoms. The average Bonchev–Trinajstić information content (AvgIpc) is 2.35. The number of ether oxygens (including phenoxy) is 1. The maximum atomic E-state index is 6.15. The molecule has 0 radical (unpaired) electrons. The van der Waals surface area contributed by atoms with Gasteiger partial charge in [0.1, 0.15) is 5.75 Å². The molecular formula is C14H22N2O.